The molecule has 7 heteroatoms. The average Bonchev–Trinajstić information content (AvgIpc) is 2.68. The Morgan fingerprint density at radius 2 is 2.17 bits per heavy atom. The number of carbonyl (C=O) groups excluding carboxylic acids is 1. The highest BCUT2D eigenvalue weighted by molar-refractivity contribution is 5.88. The fraction of sp³-hybridized carbons (Fsp3) is 0.455. The molecule has 1 amide bonds. The Morgan fingerprint density at radius 3 is 2.89 bits per heavy atom. The van der Waals surface area contributed by atoms with E-state index >= 15 is 0 Å². The van der Waals surface area contributed by atoms with Gasteiger partial charge in [0, 0.05) is 6.04 Å². The summed E-state index contributed by atoms with van der Waals surface area (Å²) < 4.78 is 0. The topological polar surface area (TPSA) is 95.6 Å². The standard InChI is InChI=1S/C11H16N6O/c1-6(2)15-8(18)4-12-11-10-9(13-5-14-11)7(3)16-17-10/h5-6H,4H2,1-3H3,(H,15,18)(H,16,17)(H,12,13,14). The number of aromatic amines is 1. The molecule has 0 aliphatic rings. The maximum absolute atomic E-state index is 11.5. The molecule has 0 unspecified atom stereocenters. The number of H-pyrrole nitrogens is 1. The van der Waals surface area contributed by atoms with Crippen LogP contribution in [-0.4, -0.2) is 38.7 Å². The van der Waals surface area contributed by atoms with Gasteiger partial charge < -0.3 is 10.6 Å². The van der Waals surface area contributed by atoms with Gasteiger partial charge in [0.05, 0.1) is 12.2 Å². The number of carbonyl (C=O) groups is 1. The Balaban J connectivity index is 2.10. The fourth-order valence-electron chi connectivity index (χ4n) is 1.62. The largest absolute Gasteiger partial charge is 0.359 e. The second-order valence-corrected chi connectivity index (χ2v) is 4.34. The van der Waals surface area contributed by atoms with Crippen LogP contribution in [0.2, 0.25) is 0 Å². The average molecular weight is 248 g/mol. The third kappa shape index (κ3) is 2.55. The third-order valence-corrected chi connectivity index (χ3v) is 2.38. The van der Waals surface area contributed by atoms with E-state index < -0.39 is 0 Å². The van der Waals surface area contributed by atoms with Gasteiger partial charge in [-0.1, -0.05) is 0 Å². The minimum absolute atomic E-state index is 0.0796. The second kappa shape index (κ2) is 4.99. The van der Waals surface area contributed by atoms with Crippen LogP contribution in [0.25, 0.3) is 11.0 Å². The maximum Gasteiger partial charge on any atom is 0.239 e. The monoisotopic (exact) mass is 248 g/mol. The Morgan fingerprint density at radius 1 is 1.39 bits per heavy atom. The Hall–Kier alpha value is -2.18. The molecule has 0 saturated carbocycles. The van der Waals surface area contributed by atoms with Gasteiger partial charge in [-0.3, -0.25) is 9.89 Å². The number of anilines is 1. The normalized spacial score (nSPS) is 10.9. The Kier molecular flexibility index (Phi) is 3.40. The highest BCUT2D eigenvalue weighted by Crippen LogP contribution is 2.17. The molecular weight excluding hydrogens is 232 g/mol. The zero-order chi connectivity index (χ0) is 13.1. The van der Waals surface area contributed by atoms with Crippen molar-refractivity contribution in [1.29, 1.82) is 0 Å². The van der Waals surface area contributed by atoms with Gasteiger partial charge in [-0.05, 0) is 20.8 Å². The molecule has 0 bridgehead atoms. The summed E-state index contributed by atoms with van der Waals surface area (Å²) in [4.78, 5) is 19.7. The minimum Gasteiger partial charge on any atom is -0.359 e. The first-order valence-electron chi connectivity index (χ1n) is 5.77. The number of hydrogen-bond acceptors (Lipinski definition) is 5. The van der Waals surface area contributed by atoms with Crippen molar-refractivity contribution in [3.63, 3.8) is 0 Å². The van der Waals surface area contributed by atoms with Crippen molar-refractivity contribution in [1.82, 2.24) is 25.5 Å². The van der Waals surface area contributed by atoms with Crippen LogP contribution in [0.15, 0.2) is 6.33 Å². The van der Waals surface area contributed by atoms with E-state index in [1.54, 1.807) is 0 Å². The molecule has 2 aromatic heterocycles. The van der Waals surface area contributed by atoms with E-state index in [4.69, 9.17) is 0 Å². The number of rotatable bonds is 4. The predicted molar refractivity (Wildman–Crippen MR) is 68.2 cm³/mol. The summed E-state index contributed by atoms with van der Waals surface area (Å²) >= 11 is 0. The zero-order valence-corrected chi connectivity index (χ0v) is 10.6. The lowest BCUT2D eigenvalue weighted by atomic mass is 10.3. The number of aromatic nitrogens is 4. The van der Waals surface area contributed by atoms with Gasteiger partial charge in [-0.2, -0.15) is 5.10 Å². The lowest BCUT2D eigenvalue weighted by Crippen LogP contribution is -2.35. The molecule has 0 aliphatic heterocycles. The summed E-state index contributed by atoms with van der Waals surface area (Å²) in [7, 11) is 0. The Bertz CT molecular complexity index is 562. The van der Waals surface area contributed by atoms with Gasteiger partial charge in [0.15, 0.2) is 11.3 Å². The molecule has 0 radical (unpaired) electrons. The van der Waals surface area contributed by atoms with Crippen LogP contribution in [0, 0.1) is 6.92 Å². The highest BCUT2D eigenvalue weighted by atomic mass is 16.1. The van der Waals surface area contributed by atoms with Crippen LogP contribution < -0.4 is 10.6 Å². The first-order chi connectivity index (χ1) is 8.58. The Labute approximate surface area is 104 Å². The van der Waals surface area contributed by atoms with Gasteiger partial charge in [0.1, 0.15) is 11.8 Å². The quantitative estimate of drug-likeness (QED) is 0.736. The number of nitrogens with one attached hydrogen (secondary N) is 3. The van der Waals surface area contributed by atoms with E-state index in [1.807, 2.05) is 20.8 Å². The van der Waals surface area contributed by atoms with Crippen LogP contribution in [0.3, 0.4) is 0 Å². The van der Waals surface area contributed by atoms with Gasteiger partial charge >= 0.3 is 0 Å². The third-order valence-electron chi connectivity index (χ3n) is 2.38. The van der Waals surface area contributed by atoms with Gasteiger partial charge in [0.2, 0.25) is 5.91 Å². The van der Waals surface area contributed by atoms with E-state index in [0.717, 1.165) is 11.2 Å². The summed E-state index contributed by atoms with van der Waals surface area (Å²) in [5.41, 5.74) is 2.28. The van der Waals surface area contributed by atoms with Crippen molar-refractivity contribution >= 4 is 22.8 Å². The number of amides is 1. The van der Waals surface area contributed by atoms with Gasteiger partial charge in [-0.25, -0.2) is 9.97 Å². The summed E-state index contributed by atoms with van der Waals surface area (Å²) in [6.45, 7) is 5.88. The molecule has 2 heterocycles. The zero-order valence-electron chi connectivity index (χ0n) is 10.6. The number of nitrogens with zero attached hydrogens (tertiary/aromatic N) is 3. The number of fused-ring (bicyclic) bond motifs is 1. The van der Waals surface area contributed by atoms with Crippen molar-refractivity contribution in [2.45, 2.75) is 26.8 Å². The SMILES string of the molecule is Cc1[nH]nc2c(NCC(=O)NC(C)C)ncnc12. The van der Waals surface area contributed by atoms with Crippen LogP contribution in [0.1, 0.15) is 19.5 Å². The van der Waals surface area contributed by atoms with Gasteiger partial charge in [0.25, 0.3) is 0 Å². The van der Waals surface area contributed by atoms with E-state index in [-0.39, 0.29) is 18.5 Å². The second-order valence-electron chi connectivity index (χ2n) is 4.34. The molecule has 0 spiro atoms. The number of aryl methyl sites for hydroxylation is 1. The summed E-state index contributed by atoms with van der Waals surface area (Å²) in [5, 5.41) is 12.7. The van der Waals surface area contributed by atoms with Crippen molar-refractivity contribution in [2.24, 2.45) is 0 Å². The molecule has 2 aromatic rings. The van der Waals surface area contributed by atoms with E-state index in [2.05, 4.69) is 30.8 Å². The lowest BCUT2D eigenvalue weighted by molar-refractivity contribution is -0.119. The first kappa shape index (κ1) is 12.3. The van der Waals surface area contributed by atoms with Gasteiger partial charge in [-0.15, -0.1) is 0 Å². The molecule has 0 saturated heterocycles. The molecule has 2 rings (SSSR count). The van der Waals surface area contributed by atoms with Crippen molar-refractivity contribution < 1.29 is 4.79 Å². The van der Waals surface area contributed by atoms with Crippen LogP contribution in [0.4, 0.5) is 5.82 Å². The summed E-state index contributed by atoms with van der Waals surface area (Å²) in [5.74, 6) is 0.479. The number of hydrogen-bond donors (Lipinski definition) is 3. The smallest absolute Gasteiger partial charge is 0.239 e. The molecule has 96 valence electrons. The molecular formula is C11H16N6O. The van der Waals surface area contributed by atoms with Crippen LogP contribution >= 0.6 is 0 Å². The highest BCUT2D eigenvalue weighted by Gasteiger charge is 2.10. The van der Waals surface area contributed by atoms with Crippen molar-refractivity contribution in [3.8, 4) is 0 Å². The van der Waals surface area contributed by atoms with E-state index in [9.17, 15) is 4.79 Å². The molecule has 3 N–H and O–H groups in total. The fourth-order valence-corrected chi connectivity index (χ4v) is 1.62. The molecule has 0 aliphatic carbocycles. The maximum atomic E-state index is 11.5. The first-order valence-corrected chi connectivity index (χ1v) is 5.77. The molecule has 0 fully saturated rings. The molecule has 18 heavy (non-hydrogen) atoms. The van der Waals surface area contributed by atoms with E-state index in [1.165, 1.54) is 6.33 Å². The molecule has 7 nitrogen and oxygen atoms in total. The molecule has 0 aromatic carbocycles. The van der Waals surface area contributed by atoms with Crippen LogP contribution in [0.5, 0.6) is 0 Å². The minimum atomic E-state index is -0.0796. The summed E-state index contributed by atoms with van der Waals surface area (Å²) in [6.07, 6.45) is 1.45. The summed E-state index contributed by atoms with van der Waals surface area (Å²) in [6, 6.07) is 0.123. The lowest BCUT2D eigenvalue weighted by Gasteiger charge is -2.09. The molecule has 0 atom stereocenters. The van der Waals surface area contributed by atoms with Crippen LogP contribution in [-0.2, 0) is 4.79 Å². The van der Waals surface area contributed by atoms with E-state index in [0.29, 0.717) is 11.3 Å². The van der Waals surface area contributed by atoms with Crippen molar-refractivity contribution in [3.05, 3.63) is 12.0 Å². The predicted octanol–water partition coefficient (Wildman–Crippen LogP) is 0.598. The van der Waals surface area contributed by atoms with Crippen molar-refractivity contribution in [2.75, 3.05) is 11.9 Å².